The fourth-order valence-corrected chi connectivity index (χ4v) is 4.97. The highest BCUT2D eigenvalue weighted by Crippen LogP contribution is 2.35. The average Bonchev–Trinajstić information content (AvgIpc) is 3.23. The third kappa shape index (κ3) is 2.18. The number of aromatic nitrogens is 2. The normalized spacial score (nSPS) is 11.9. The molecule has 0 fully saturated rings. The van der Waals surface area contributed by atoms with E-state index in [1.54, 1.807) is 0 Å². The van der Waals surface area contributed by atoms with Crippen LogP contribution in [0.3, 0.4) is 0 Å². The molecule has 0 aliphatic carbocycles. The maximum absolute atomic E-state index is 3.51. The van der Waals surface area contributed by atoms with E-state index >= 15 is 0 Å². The van der Waals surface area contributed by atoms with Crippen molar-refractivity contribution in [2.24, 2.45) is 0 Å². The van der Waals surface area contributed by atoms with Crippen molar-refractivity contribution < 1.29 is 0 Å². The molecule has 3 heteroatoms. The van der Waals surface area contributed by atoms with E-state index in [1.807, 2.05) is 0 Å². The van der Waals surface area contributed by atoms with Gasteiger partial charge >= 0.3 is 0 Å². The van der Waals surface area contributed by atoms with Gasteiger partial charge in [-0.05, 0) is 47.5 Å². The van der Waals surface area contributed by atoms with Crippen LogP contribution in [0.4, 0.5) is 0 Å². The second-order valence-electron chi connectivity index (χ2n) is 6.96. The second-order valence-corrected chi connectivity index (χ2v) is 7.93. The van der Waals surface area contributed by atoms with Crippen LogP contribution in [0.2, 0.25) is 0 Å². The molecule has 0 spiro atoms. The van der Waals surface area contributed by atoms with Gasteiger partial charge in [0.1, 0.15) is 0 Å². The van der Waals surface area contributed by atoms with E-state index < -0.39 is 0 Å². The van der Waals surface area contributed by atoms with Gasteiger partial charge < -0.3 is 4.98 Å². The minimum Gasteiger partial charge on any atom is -0.355 e. The number of aromatic amines is 1. The summed E-state index contributed by atoms with van der Waals surface area (Å²) in [5.41, 5.74) is 7.39. The summed E-state index contributed by atoms with van der Waals surface area (Å²) < 4.78 is 2.25. The number of benzene rings is 4. The summed E-state index contributed by atoms with van der Waals surface area (Å²) in [6.45, 7) is 0. The monoisotopic (exact) mass is 458 g/mol. The molecule has 2 aromatic heterocycles. The first-order chi connectivity index (χ1) is 13.3. The van der Waals surface area contributed by atoms with Crippen molar-refractivity contribution in [2.75, 3.05) is 0 Å². The topological polar surface area (TPSA) is 20.7 Å². The van der Waals surface area contributed by atoms with Gasteiger partial charge in [-0.1, -0.05) is 48.5 Å². The Labute approximate surface area is 169 Å². The van der Waals surface area contributed by atoms with E-state index in [9.17, 15) is 0 Å². The van der Waals surface area contributed by atoms with Gasteiger partial charge in [0.05, 0.1) is 33.9 Å². The number of fused-ring (bicyclic) bond motifs is 6. The largest absolute Gasteiger partial charge is 0.355 e. The van der Waals surface area contributed by atoms with E-state index in [2.05, 4.69) is 116 Å². The second kappa shape index (κ2) is 5.60. The van der Waals surface area contributed by atoms with Crippen molar-refractivity contribution in [3.63, 3.8) is 0 Å². The Morgan fingerprint density at radius 1 is 0.556 bits per heavy atom. The summed E-state index contributed by atoms with van der Waals surface area (Å²) in [6.07, 6.45) is 0. The number of nitrogens with one attached hydrogen (secondary N) is 1. The Balaban J connectivity index is 1.62. The van der Waals surface area contributed by atoms with Gasteiger partial charge in [-0.3, -0.25) is 2.78 Å². The molecule has 2 nitrogen and oxygen atoms in total. The minimum atomic E-state index is 1.19. The molecule has 0 amide bonds. The van der Waals surface area contributed by atoms with Crippen LogP contribution in [-0.4, -0.2) is 7.76 Å². The van der Waals surface area contributed by atoms with Crippen LogP contribution in [0, 0.1) is 0 Å². The zero-order valence-corrected chi connectivity index (χ0v) is 16.6. The number of hydrogen-bond donors (Lipinski definition) is 1. The predicted octanol–water partition coefficient (Wildman–Crippen LogP) is 7.29. The van der Waals surface area contributed by atoms with Crippen LogP contribution in [-0.2, 0) is 0 Å². The Kier molecular flexibility index (Phi) is 3.17. The van der Waals surface area contributed by atoms with Gasteiger partial charge in [0.15, 0.2) is 0 Å². The van der Waals surface area contributed by atoms with Crippen LogP contribution >= 0.6 is 22.9 Å². The summed E-state index contributed by atoms with van der Waals surface area (Å²) in [7, 11) is 0. The molecule has 27 heavy (non-hydrogen) atoms. The number of halogens is 1. The molecule has 4 aromatic carbocycles. The first-order valence-corrected chi connectivity index (χ1v) is 9.96. The van der Waals surface area contributed by atoms with Crippen molar-refractivity contribution >= 4 is 66.5 Å². The Hall–Kier alpha value is -2.79. The Morgan fingerprint density at radius 2 is 1.19 bits per heavy atom. The highest BCUT2D eigenvalue weighted by Gasteiger charge is 2.11. The van der Waals surface area contributed by atoms with Crippen molar-refractivity contribution in [2.45, 2.75) is 0 Å². The highest BCUT2D eigenvalue weighted by atomic mass is 127. The fourth-order valence-electron chi connectivity index (χ4n) is 4.13. The van der Waals surface area contributed by atoms with E-state index in [-0.39, 0.29) is 0 Å². The van der Waals surface area contributed by atoms with Crippen LogP contribution in [0.25, 0.3) is 54.7 Å². The first kappa shape index (κ1) is 15.3. The first-order valence-electron chi connectivity index (χ1n) is 9.00. The zero-order chi connectivity index (χ0) is 18.0. The molecule has 0 saturated heterocycles. The van der Waals surface area contributed by atoms with Gasteiger partial charge in [-0.25, -0.2) is 0 Å². The van der Waals surface area contributed by atoms with Crippen molar-refractivity contribution in [3.8, 4) is 11.1 Å². The number of nitrogens with zero attached hydrogens (tertiary/aromatic N) is 1. The lowest BCUT2D eigenvalue weighted by molar-refractivity contribution is 1.49. The van der Waals surface area contributed by atoms with Crippen molar-refractivity contribution in [3.05, 3.63) is 84.9 Å². The maximum atomic E-state index is 3.51. The predicted molar refractivity (Wildman–Crippen MR) is 124 cm³/mol. The van der Waals surface area contributed by atoms with Crippen molar-refractivity contribution in [1.29, 1.82) is 0 Å². The third-order valence-electron chi connectivity index (χ3n) is 5.45. The molecule has 0 bridgehead atoms. The molecule has 2 heterocycles. The summed E-state index contributed by atoms with van der Waals surface area (Å²) in [4.78, 5) is 3.51. The molecular formula is C24H15IN2. The van der Waals surface area contributed by atoms with E-state index in [4.69, 9.17) is 0 Å². The number of para-hydroxylation sites is 2. The minimum absolute atomic E-state index is 1.19. The van der Waals surface area contributed by atoms with E-state index in [0.29, 0.717) is 0 Å². The average molecular weight is 458 g/mol. The maximum Gasteiger partial charge on any atom is 0.0646 e. The molecule has 0 radical (unpaired) electrons. The molecule has 6 rings (SSSR count). The molecule has 0 atom stereocenters. The van der Waals surface area contributed by atoms with E-state index in [0.717, 1.165) is 0 Å². The lowest BCUT2D eigenvalue weighted by atomic mass is 10.0. The van der Waals surface area contributed by atoms with Gasteiger partial charge in [-0.15, -0.1) is 0 Å². The summed E-state index contributed by atoms with van der Waals surface area (Å²) in [5.74, 6) is 0. The number of hydrogen-bond acceptors (Lipinski definition) is 0. The quantitative estimate of drug-likeness (QED) is 0.250. The van der Waals surface area contributed by atoms with Crippen molar-refractivity contribution in [1.82, 2.24) is 7.76 Å². The number of rotatable bonds is 1. The van der Waals surface area contributed by atoms with Crippen LogP contribution in [0.1, 0.15) is 0 Å². The Bertz CT molecular complexity index is 1490. The third-order valence-corrected chi connectivity index (χ3v) is 6.49. The van der Waals surface area contributed by atoms with Gasteiger partial charge in [-0.2, -0.15) is 0 Å². The molecule has 0 saturated carbocycles. The number of H-pyrrole nitrogens is 1. The molecule has 0 aliphatic rings. The van der Waals surface area contributed by atoms with Gasteiger partial charge in [0.25, 0.3) is 0 Å². The van der Waals surface area contributed by atoms with Crippen LogP contribution < -0.4 is 0 Å². The van der Waals surface area contributed by atoms with Gasteiger partial charge in [0, 0.05) is 32.6 Å². The van der Waals surface area contributed by atoms with Crippen LogP contribution in [0.15, 0.2) is 84.9 Å². The molecule has 0 aliphatic heterocycles. The lowest BCUT2D eigenvalue weighted by Crippen LogP contribution is -1.80. The molecule has 1 N–H and O–H groups in total. The SMILES string of the molecule is In1c2ccccc2c2cc(-c3ccc4[nH]c5ccccc5c4c3)ccc21. The standard InChI is InChI=1S/C24H15IN2/c25-27-23-8-4-2-6-18(23)20-14-16(10-12-24(20)27)15-9-11-22-19(13-15)17-5-1-3-7-21(17)26-22/h1-14,26H. The molecular weight excluding hydrogens is 443 g/mol. The lowest BCUT2D eigenvalue weighted by Gasteiger charge is -2.04. The molecule has 128 valence electrons. The van der Waals surface area contributed by atoms with Gasteiger partial charge in [0.2, 0.25) is 0 Å². The summed E-state index contributed by atoms with van der Waals surface area (Å²) in [6, 6.07) is 30.6. The molecule has 6 aromatic rings. The summed E-state index contributed by atoms with van der Waals surface area (Å²) in [5, 5.41) is 5.16. The van der Waals surface area contributed by atoms with Crippen LogP contribution in [0.5, 0.6) is 0 Å². The highest BCUT2D eigenvalue weighted by molar-refractivity contribution is 14.1. The van der Waals surface area contributed by atoms with E-state index in [1.165, 1.54) is 54.7 Å². The smallest absolute Gasteiger partial charge is 0.0646 e. The molecule has 0 unspecified atom stereocenters. The fraction of sp³-hybridized carbons (Fsp3) is 0. The summed E-state index contributed by atoms with van der Waals surface area (Å²) >= 11 is 2.39. The zero-order valence-electron chi connectivity index (χ0n) is 14.4. The Morgan fingerprint density at radius 3 is 2.07 bits per heavy atom.